The molecule has 2 rings (SSSR count). The monoisotopic (exact) mass is 296 g/mol. The molecule has 1 aliphatic rings. The van der Waals surface area contributed by atoms with Crippen LogP contribution >= 0.6 is 0 Å². The molecule has 2 N–H and O–H groups in total. The maximum Gasteiger partial charge on any atom is 0.221 e. The molecule has 1 saturated heterocycles. The number of rotatable bonds is 4. The van der Waals surface area contributed by atoms with Gasteiger partial charge in [-0.05, 0) is 12.5 Å². The summed E-state index contributed by atoms with van der Waals surface area (Å²) in [6, 6.07) is 7.65. The fourth-order valence-corrected chi connectivity index (χ4v) is 3.76. The topological polar surface area (TPSA) is 75.3 Å². The van der Waals surface area contributed by atoms with Crippen molar-refractivity contribution in [2.24, 2.45) is 0 Å². The second kappa shape index (κ2) is 6.37. The predicted molar refractivity (Wildman–Crippen MR) is 78.1 cm³/mol. The first kappa shape index (κ1) is 15.0. The minimum atomic E-state index is -2.99. The molecule has 1 aliphatic heterocycles. The van der Waals surface area contributed by atoms with E-state index >= 15 is 0 Å². The van der Waals surface area contributed by atoms with Gasteiger partial charge in [0.15, 0.2) is 9.84 Å². The number of aryl methyl sites for hydroxylation is 1. The predicted octanol–water partition coefficient (Wildman–Crippen LogP) is 0.388. The van der Waals surface area contributed by atoms with Crippen molar-refractivity contribution in [1.82, 2.24) is 10.6 Å². The van der Waals surface area contributed by atoms with E-state index in [2.05, 4.69) is 10.6 Å². The number of sulfone groups is 1. The van der Waals surface area contributed by atoms with Crippen molar-refractivity contribution in [3.05, 3.63) is 35.4 Å². The Labute approximate surface area is 119 Å². The van der Waals surface area contributed by atoms with Crippen molar-refractivity contribution >= 4 is 15.7 Å². The molecular weight excluding hydrogens is 276 g/mol. The molecule has 1 heterocycles. The third-order valence-electron chi connectivity index (χ3n) is 3.31. The van der Waals surface area contributed by atoms with Crippen LogP contribution < -0.4 is 10.6 Å². The Morgan fingerprint density at radius 3 is 2.95 bits per heavy atom. The second-order valence-electron chi connectivity index (χ2n) is 5.24. The Morgan fingerprint density at radius 2 is 2.25 bits per heavy atom. The molecule has 1 atom stereocenters. The quantitative estimate of drug-likeness (QED) is 0.843. The van der Waals surface area contributed by atoms with E-state index in [0.717, 1.165) is 11.1 Å². The number of hydrogen-bond acceptors (Lipinski definition) is 4. The molecule has 1 amide bonds. The smallest absolute Gasteiger partial charge is 0.221 e. The van der Waals surface area contributed by atoms with Gasteiger partial charge in [0.1, 0.15) is 0 Å². The van der Waals surface area contributed by atoms with Gasteiger partial charge in [0.05, 0.1) is 11.5 Å². The fourth-order valence-electron chi connectivity index (χ4n) is 2.32. The maximum absolute atomic E-state index is 11.8. The van der Waals surface area contributed by atoms with Gasteiger partial charge < -0.3 is 10.6 Å². The van der Waals surface area contributed by atoms with Gasteiger partial charge in [-0.2, -0.15) is 0 Å². The Morgan fingerprint density at radius 1 is 1.45 bits per heavy atom. The van der Waals surface area contributed by atoms with Crippen LogP contribution in [0.2, 0.25) is 0 Å². The van der Waals surface area contributed by atoms with Gasteiger partial charge in [-0.15, -0.1) is 0 Å². The Kier molecular flexibility index (Phi) is 4.77. The van der Waals surface area contributed by atoms with Crippen LogP contribution in [0.1, 0.15) is 17.5 Å². The Balaban J connectivity index is 1.81. The molecular formula is C14H20N2O3S. The van der Waals surface area contributed by atoms with E-state index in [0.29, 0.717) is 13.1 Å². The zero-order chi connectivity index (χ0) is 14.6. The average Bonchev–Trinajstić information content (AvgIpc) is 2.35. The van der Waals surface area contributed by atoms with Crippen molar-refractivity contribution in [1.29, 1.82) is 0 Å². The van der Waals surface area contributed by atoms with Gasteiger partial charge in [-0.1, -0.05) is 29.8 Å². The van der Waals surface area contributed by atoms with Crippen LogP contribution in [0.25, 0.3) is 0 Å². The lowest BCUT2D eigenvalue weighted by atomic mass is 10.1. The van der Waals surface area contributed by atoms with Gasteiger partial charge in [0.25, 0.3) is 0 Å². The van der Waals surface area contributed by atoms with E-state index in [-0.39, 0.29) is 29.9 Å². The van der Waals surface area contributed by atoms with E-state index < -0.39 is 9.84 Å². The molecule has 1 aromatic carbocycles. The summed E-state index contributed by atoms with van der Waals surface area (Å²) < 4.78 is 23.0. The lowest BCUT2D eigenvalue weighted by Crippen LogP contribution is -2.47. The van der Waals surface area contributed by atoms with E-state index in [4.69, 9.17) is 0 Å². The molecule has 0 aromatic heterocycles. The first-order valence-electron chi connectivity index (χ1n) is 6.71. The van der Waals surface area contributed by atoms with Crippen molar-refractivity contribution in [3.8, 4) is 0 Å². The molecule has 110 valence electrons. The number of nitrogens with one attached hydrogen (secondary N) is 2. The largest absolute Gasteiger partial charge is 0.352 e. The van der Waals surface area contributed by atoms with Crippen LogP contribution in [0.15, 0.2) is 24.3 Å². The minimum Gasteiger partial charge on any atom is -0.352 e. The summed E-state index contributed by atoms with van der Waals surface area (Å²) >= 11 is 0. The fraction of sp³-hybridized carbons (Fsp3) is 0.500. The van der Waals surface area contributed by atoms with Crippen LogP contribution in [0, 0.1) is 6.92 Å². The summed E-state index contributed by atoms with van der Waals surface area (Å²) in [6.07, 6.45) is 0.199. The third kappa shape index (κ3) is 4.61. The molecule has 6 heteroatoms. The highest BCUT2D eigenvalue weighted by Gasteiger charge is 2.25. The van der Waals surface area contributed by atoms with Gasteiger partial charge >= 0.3 is 0 Å². The van der Waals surface area contributed by atoms with Crippen molar-refractivity contribution in [2.75, 3.05) is 18.1 Å². The summed E-state index contributed by atoms with van der Waals surface area (Å²) in [4.78, 5) is 11.8. The number of carbonyl (C=O) groups excluding carboxylic acids is 1. The van der Waals surface area contributed by atoms with Crippen molar-refractivity contribution in [3.63, 3.8) is 0 Å². The molecule has 1 unspecified atom stereocenters. The van der Waals surface area contributed by atoms with E-state index in [9.17, 15) is 13.2 Å². The zero-order valence-electron chi connectivity index (χ0n) is 11.6. The lowest BCUT2D eigenvalue weighted by Gasteiger charge is -2.23. The summed E-state index contributed by atoms with van der Waals surface area (Å²) in [5.74, 6) is 0.0836. The highest BCUT2D eigenvalue weighted by atomic mass is 32.2. The van der Waals surface area contributed by atoms with Crippen molar-refractivity contribution < 1.29 is 13.2 Å². The molecule has 20 heavy (non-hydrogen) atoms. The number of carbonyl (C=O) groups is 1. The molecule has 1 fully saturated rings. The highest BCUT2D eigenvalue weighted by Crippen LogP contribution is 2.06. The van der Waals surface area contributed by atoms with Gasteiger partial charge in [0, 0.05) is 25.6 Å². The Bertz CT molecular complexity index is 584. The van der Waals surface area contributed by atoms with Crippen LogP contribution in [0.5, 0.6) is 0 Å². The minimum absolute atomic E-state index is 0.0465. The SMILES string of the molecule is Cc1cccc(CNC(=O)CC2CS(=O)(=O)CCN2)c1. The van der Waals surface area contributed by atoms with Crippen LogP contribution in [0.3, 0.4) is 0 Å². The maximum atomic E-state index is 11.8. The van der Waals surface area contributed by atoms with Crippen LogP contribution in [-0.2, 0) is 21.2 Å². The molecule has 0 aliphatic carbocycles. The molecule has 0 radical (unpaired) electrons. The summed E-state index contributed by atoms with van der Waals surface area (Å²) in [5.41, 5.74) is 2.19. The van der Waals surface area contributed by atoms with E-state index in [1.807, 2.05) is 31.2 Å². The lowest BCUT2D eigenvalue weighted by molar-refractivity contribution is -0.121. The summed E-state index contributed by atoms with van der Waals surface area (Å²) in [6.45, 7) is 2.90. The average molecular weight is 296 g/mol. The number of amides is 1. The number of benzene rings is 1. The molecule has 0 spiro atoms. The summed E-state index contributed by atoms with van der Waals surface area (Å²) in [7, 11) is -2.99. The number of hydrogen-bond donors (Lipinski definition) is 2. The van der Waals surface area contributed by atoms with Gasteiger partial charge in [0.2, 0.25) is 5.91 Å². The molecule has 0 bridgehead atoms. The first-order valence-corrected chi connectivity index (χ1v) is 8.53. The first-order chi connectivity index (χ1) is 9.44. The molecule has 0 saturated carbocycles. The highest BCUT2D eigenvalue weighted by molar-refractivity contribution is 7.91. The second-order valence-corrected chi connectivity index (χ2v) is 7.46. The van der Waals surface area contributed by atoms with Gasteiger partial charge in [-0.25, -0.2) is 8.42 Å². The zero-order valence-corrected chi connectivity index (χ0v) is 12.4. The normalized spacial score (nSPS) is 21.4. The van der Waals surface area contributed by atoms with Crippen LogP contribution in [0.4, 0.5) is 0 Å². The molecule has 5 nitrogen and oxygen atoms in total. The van der Waals surface area contributed by atoms with Crippen molar-refractivity contribution in [2.45, 2.75) is 25.9 Å². The van der Waals surface area contributed by atoms with Crippen LogP contribution in [-0.4, -0.2) is 38.4 Å². The van der Waals surface area contributed by atoms with E-state index in [1.54, 1.807) is 0 Å². The summed E-state index contributed by atoms with van der Waals surface area (Å²) in [5, 5.41) is 5.90. The Hall–Kier alpha value is -1.40. The van der Waals surface area contributed by atoms with E-state index in [1.165, 1.54) is 0 Å². The third-order valence-corrected chi connectivity index (χ3v) is 5.04. The van der Waals surface area contributed by atoms with Gasteiger partial charge in [-0.3, -0.25) is 4.79 Å². The molecule has 1 aromatic rings. The standard InChI is InChI=1S/C14H20N2O3S/c1-11-3-2-4-12(7-11)9-16-14(17)8-13-10-20(18,19)6-5-15-13/h2-4,7,13,15H,5-6,8-10H2,1H3,(H,16,17).